The standard InChI is InChI=1S/C25H30ClNO2.ClH/c1-18(23-10-6-7-11-24(23)26)29-17-22(28)16-27-25(2,3)15-19-12-13-20-8-4-5-9-21(20)14-19;/h4-14,18,22,27-28H,15-17H2,1-3H3;1H/t18?,22-;/m1./s1. The summed E-state index contributed by atoms with van der Waals surface area (Å²) in [6.07, 6.45) is 0.126. The number of hydrogen-bond donors (Lipinski definition) is 2. The maximum Gasteiger partial charge on any atom is 0.0898 e. The van der Waals surface area contributed by atoms with Crippen LogP contribution in [0.1, 0.15) is 38.0 Å². The summed E-state index contributed by atoms with van der Waals surface area (Å²) in [5.74, 6) is 0. The summed E-state index contributed by atoms with van der Waals surface area (Å²) in [6.45, 7) is 6.98. The van der Waals surface area contributed by atoms with E-state index in [1.54, 1.807) is 0 Å². The van der Waals surface area contributed by atoms with Gasteiger partial charge in [-0.3, -0.25) is 0 Å². The lowest BCUT2D eigenvalue weighted by molar-refractivity contribution is -0.00413. The number of hydrogen-bond acceptors (Lipinski definition) is 3. The molecule has 0 aromatic heterocycles. The number of rotatable bonds is 9. The van der Waals surface area contributed by atoms with Crippen LogP contribution in [0, 0.1) is 0 Å². The Morgan fingerprint density at radius 1 is 1.00 bits per heavy atom. The van der Waals surface area contributed by atoms with E-state index in [0.717, 1.165) is 12.0 Å². The third-order valence-electron chi connectivity index (χ3n) is 5.16. The van der Waals surface area contributed by atoms with Crippen LogP contribution in [0.15, 0.2) is 66.7 Å². The molecule has 0 aliphatic carbocycles. The summed E-state index contributed by atoms with van der Waals surface area (Å²) in [5.41, 5.74) is 2.07. The van der Waals surface area contributed by atoms with Gasteiger partial charge in [0, 0.05) is 17.1 Å². The predicted molar refractivity (Wildman–Crippen MR) is 129 cm³/mol. The number of aliphatic hydroxyl groups excluding tert-OH is 1. The third kappa shape index (κ3) is 6.97. The first-order chi connectivity index (χ1) is 13.8. The molecule has 0 aliphatic heterocycles. The maximum absolute atomic E-state index is 10.4. The summed E-state index contributed by atoms with van der Waals surface area (Å²) in [4.78, 5) is 0. The van der Waals surface area contributed by atoms with Crippen molar-refractivity contribution in [2.45, 2.75) is 44.9 Å². The predicted octanol–water partition coefficient (Wildman–Crippen LogP) is 5.96. The van der Waals surface area contributed by atoms with Crippen LogP contribution in [0.4, 0.5) is 0 Å². The van der Waals surface area contributed by atoms with Crippen molar-refractivity contribution in [3.63, 3.8) is 0 Å². The van der Waals surface area contributed by atoms with Gasteiger partial charge in [0.05, 0.1) is 18.8 Å². The van der Waals surface area contributed by atoms with Crippen LogP contribution in [0.3, 0.4) is 0 Å². The molecule has 2 atom stereocenters. The van der Waals surface area contributed by atoms with Crippen molar-refractivity contribution in [1.82, 2.24) is 5.32 Å². The van der Waals surface area contributed by atoms with Gasteiger partial charge in [0.1, 0.15) is 0 Å². The van der Waals surface area contributed by atoms with Crippen molar-refractivity contribution in [3.05, 3.63) is 82.9 Å². The van der Waals surface area contributed by atoms with E-state index in [2.05, 4.69) is 61.6 Å². The minimum atomic E-state index is -0.587. The van der Waals surface area contributed by atoms with Crippen molar-refractivity contribution >= 4 is 34.8 Å². The van der Waals surface area contributed by atoms with Crippen LogP contribution in [0.5, 0.6) is 0 Å². The molecule has 3 rings (SSSR count). The molecule has 3 nitrogen and oxygen atoms in total. The molecular weight excluding hydrogens is 417 g/mol. The fraction of sp³-hybridized carbons (Fsp3) is 0.360. The van der Waals surface area contributed by atoms with Gasteiger partial charge in [0.25, 0.3) is 0 Å². The van der Waals surface area contributed by atoms with E-state index in [1.165, 1.54) is 16.3 Å². The van der Waals surface area contributed by atoms with E-state index in [-0.39, 0.29) is 30.7 Å². The van der Waals surface area contributed by atoms with Crippen LogP contribution in [-0.4, -0.2) is 29.9 Å². The lowest BCUT2D eigenvalue weighted by Gasteiger charge is -2.28. The number of nitrogens with one attached hydrogen (secondary N) is 1. The summed E-state index contributed by atoms with van der Waals surface area (Å²) in [7, 11) is 0. The molecule has 162 valence electrons. The van der Waals surface area contributed by atoms with Crippen LogP contribution in [0.2, 0.25) is 5.02 Å². The second-order valence-corrected chi connectivity index (χ2v) is 8.68. The molecule has 2 N–H and O–H groups in total. The Hall–Kier alpha value is -1.62. The van der Waals surface area contributed by atoms with Gasteiger partial charge in [-0.1, -0.05) is 72.3 Å². The van der Waals surface area contributed by atoms with Crippen molar-refractivity contribution in [2.75, 3.05) is 13.2 Å². The molecule has 0 bridgehead atoms. The molecular formula is C25H31Cl2NO2. The minimum Gasteiger partial charge on any atom is -0.389 e. The van der Waals surface area contributed by atoms with Crippen molar-refractivity contribution in [1.29, 1.82) is 0 Å². The first kappa shape index (κ1) is 24.6. The number of β-amino-alcohol motifs (C(OH)–C–C–N with tert-alkyl or cyclic N) is 1. The number of aliphatic hydroxyl groups is 1. The molecule has 30 heavy (non-hydrogen) atoms. The summed E-state index contributed by atoms with van der Waals surface area (Å²) in [5, 5.41) is 17.0. The van der Waals surface area contributed by atoms with Crippen molar-refractivity contribution in [3.8, 4) is 0 Å². The highest BCUT2D eigenvalue weighted by atomic mass is 35.5. The zero-order chi connectivity index (χ0) is 20.9. The van der Waals surface area contributed by atoms with Gasteiger partial charge in [0.15, 0.2) is 0 Å². The SMILES string of the molecule is CC(OC[C@H](O)CNC(C)(C)Cc1ccc2ccccc2c1)c1ccccc1Cl.Cl. The van der Waals surface area contributed by atoms with Gasteiger partial charge in [0.2, 0.25) is 0 Å². The molecule has 0 amide bonds. The highest BCUT2D eigenvalue weighted by Crippen LogP contribution is 2.25. The quantitative estimate of drug-likeness (QED) is 0.424. The Bertz CT molecular complexity index is 945. The van der Waals surface area contributed by atoms with Crippen LogP contribution < -0.4 is 5.32 Å². The average molecular weight is 448 g/mol. The van der Waals surface area contributed by atoms with Crippen LogP contribution in [-0.2, 0) is 11.2 Å². The Kier molecular flexibility index (Phi) is 9.14. The van der Waals surface area contributed by atoms with E-state index < -0.39 is 6.10 Å². The molecule has 3 aromatic carbocycles. The van der Waals surface area contributed by atoms with Crippen molar-refractivity contribution in [2.24, 2.45) is 0 Å². The average Bonchev–Trinajstić information content (AvgIpc) is 2.70. The van der Waals surface area contributed by atoms with E-state index in [0.29, 0.717) is 11.6 Å². The Balaban J connectivity index is 0.00000320. The Labute approximate surface area is 190 Å². The van der Waals surface area contributed by atoms with Gasteiger partial charge in [-0.15, -0.1) is 12.4 Å². The number of halogens is 2. The van der Waals surface area contributed by atoms with Crippen molar-refractivity contribution < 1.29 is 9.84 Å². The second kappa shape index (κ2) is 11.1. The van der Waals surface area contributed by atoms with E-state index >= 15 is 0 Å². The first-order valence-electron chi connectivity index (χ1n) is 10.1. The summed E-state index contributed by atoms with van der Waals surface area (Å²) >= 11 is 6.21. The smallest absolute Gasteiger partial charge is 0.0898 e. The van der Waals surface area contributed by atoms with Crippen LogP contribution >= 0.6 is 24.0 Å². The fourth-order valence-electron chi connectivity index (χ4n) is 3.52. The second-order valence-electron chi connectivity index (χ2n) is 8.27. The number of ether oxygens (including phenoxy) is 1. The lowest BCUT2D eigenvalue weighted by Crippen LogP contribution is -2.46. The lowest BCUT2D eigenvalue weighted by atomic mass is 9.93. The van der Waals surface area contributed by atoms with Gasteiger partial charge in [-0.05, 0) is 55.2 Å². The molecule has 0 aliphatic rings. The highest BCUT2D eigenvalue weighted by Gasteiger charge is 2.20. The number of benzene rings is 3. The minimum absolute atomic E-state index is 0. The first-order valence-corrected chi connectivity index (χ1v) is 10.5. The summed E-state index contributed by atoms with van der Waals surface area (Å²) in [6, 6.07) is 22.6. The zero-order valence-electron chi connectivity index (χ0n) is 17.8. The molecule has 1 unspecified atom stereocenters. The Morgan fingerprint density at radius 3 is 2.40 bits per heavy atom. The molecule has 0 heterocycles. The van der Waals surface area contributed by atoms with Gasteiger partial charge in [-0.25, -0.2) is 0 Å². The zero-order valence-corrected chi connectivity index (χ0v) is 19.3. The normalized spacial score (nSPS) is 13.6. The monoisotopic (exact) mass is 447 g/mol. The molecule has 5 heteroatoms. The molecule has 3 aromatic rings. The molecule has 0 spiro atoms. The Morgan fingerprint density at radius 2 is 1.67 bits per heavy atom. The van der Waals surface area contributed by atoms with Crippen LogP contribution in [0.25, 0.3) is 10.8 Å². The highest BCUT2D eigenvalue weighted by molar-refractivity contribution is 6.31. The number of fused-ring (bicyclic) bond motifs is 1. The largest absolute Gasteiger partial charge is 0.389 e. The van der Waals surface area contributed by atoms with E-state index in [9.17, 15) is 5.11 Å². The van der Waals surface area contributed by atoms with Gasteiger partial charge in [-0.2, -0.15) is 0 Å². The topological polar surface area (TPSA) is 41.5 Å². The summed E-state index contributed by atoms with van der Waals surface area (Å²) < 4.78 is 5.83. The van der Waals surface area contributed by atoms with Gasteiger partial charge >= 0.3 is 0 Å². The molecule has 0 radical (unpaired) electrons. The maximum atomic E-state index is 10.4. The molecule has 0 fully saturated rings. The van der Waals surface area contributed by atoms with E-state index in [1.807, 2.05) is 31.2 Å². The van der Waals surface area contributed by atoms with E-state index in [4.69, 9.17) is 16.3 Å². The van der Waals surface area contributed by atoms with Gasteiger partial charge < -0.3 is 15.2 Å². The molecule has 0 saturated heterocycles. The fourth-order valence-corrected chi connectivity index (χ4v) is 3.81. The molecule has 0 saturated carbocycles. The third-order valence-corrected chi connectivity index (χ3v) is 5.50.